The van der Waals surface area contributed by atoms with Gasteiger partial charge in [-0.3, -0.25) is 24.3 Å². The van der Waals surface area contributed by atoms with E-state index in [4.69, 9.17) is 0 Å². The lowest BCUT2D eigenvalue weighted by Crippen LogP contribution is -2.26. The van der Waals surface area contributed by atoms with Gasteiger partial charge < -0.3 is 5.32 Å². The molecule has 9 heteroatoms. The molecule has 0 radical (unpaired) electrons. The Hall–Kier alpha value is -2.71. The minimum Gasteiger partial charge on any atom is -0.350 e. The molecule has 9 nitrogen and oxygen atoms in total. The molecule has 0 bridgehead atoms. The lowest BCUT2D eigenvalue weighted by atomic mass is 10.3. The van der Waals surface area contributed by atoms with Crippen molar-refractivity contribution >= 4 is 11.6 Å². The summed E-state index contributed by atoms with van der Waals surface area (Å²) >= 11 is 0. The van der Waals surface area contributed by atoms with E-state index in [1.54, 1.807) is 14.0 Å². The second-order valence-electron chi connectivity index (χ2n) is 5.42. The monoisotopic (exact) mass is 320 g/mol. The molecule has 0 saturated heterocycles. The summed E-state index contributed by atoms with van der Waals surface area (Å²) in [5, 5.41) is 22.0. The molecule has 0 aliphatic heterocycles. The van der Waals surface area contributed by atoms with Crippen molar-refractivity contribution in [2.75, 3.05) is 6.54 Å². The van der Waals surface area contributed by atoms with E-state index in [0.29, 0.717) is 25.2 Å². The normalized spacial score (nSPS) is 10.8. The predicted octanol–water partition coefficient (Wildman–Crippen LogP) is 1.27. The zero-order valence-electron chi connectivity index (χ0n) is 13.7. The van der Waals surface area contributed by atoms with Crippen LogP contribution in [0.2, 0.25) is 0 Å². The van der Waals surface area contributed by atoms with Gasteiger partial charge in [0.2, 0.25) is 5.69 Å². The number of amides is 1. The summed E-state index contributed by atoms with van der Waals surface area (Å²) < 4.78 is 3.21. The summed E-state index contributed by atoms with van der Waals surface area (Å²) in [5.74, 6) is -0.534. The number of nitrogens with one attached hydrogen (secondary N) is 1. The van der Waals surface area contributed by atoms with Crippen LogP contribution in [0.3, 0.4) is 0 Å². The van der Waals surface area contributed by atoms with E-state index in [1.165, 1.54) is 4.68 Å². The molecule has 0 saturated carbocycles. The van der Waals surface area contributed by atoms with E-state index in [2.05, 4.69) is 15.5 Å². The number of hydrogen-bond acceptors (Lipinski definition) is 5. The largest absolute Gasteiger partial charge is 0.350 e. The van der Waals surface area contributed by atoms with E-state index < -0.39 is 10.8 Å². The number of nitro groups is 1. The molecule has 2 rings (SSSR count). The van der Waals surface area contributed by atoms with Gasteiger partial charge >= 0.3 is 5.69 Å². The molecule has 1 amide bonds. The van der Waals surface area contributed by atoms with Crippen LogP contribution in [0.1, 0.15) is 34.0 Å². The number of aryl methyl sites for hydroxylation is 4. The van der Waals surface area contributed by atoms with Gasteiger partial charge in [0.15, 0.2) is 0 Å². The fourth-order valence-corrected chi connectivity index (χ4v) is 2.38. The maximum absolute atomic E-state index is 12.1. The third kappa shape index (κ3) is 3.55. The number of carbonyl (C=O) groups excluding carboxylic acids is 1. The summed E-state index contributed by atoms with van der Waals surface area (Å²) in [6, 6.07) is 1.98. The first-order valence-corrected chi connectivity index (χ1v) is 7.28. The van der Waals surface area contributed by atoms with Crippen molar-refractivity contribution < 1.29 is 9.72 Å². The van der Waals surface area contributed by atoms with Gasteiger partial charge in [-0.05, 0) is 33.3 Å². The molecule has 0 unspecified atom stereocenters. The summed E-state index contributed by atoms with van der Waals surface area (Å²) in [6.07, 6.45) is 0.674. The molecule has 2 aromatic heterocycles. The zero-order valence-corrected chi connectivity index (χ0v) is 13.7. The molecular weight excluding hydrogens is 300 g/mol. The van der Waals surface area contributed by atoms with Crippen LogP contribution in [0.5, 0.6) is 0 Å². The number of carbonyl (C=O) groups is 1. The summed E-state index contributed by atoms with van der Waals surface area (Å²) in [7, 11) is 1.57. The summed E-state index contributed by atoms with van der Waals surface area (Å²) in [5.41, 5.74) is 1.96. The van der Waals surface area contributed by atoms with Crippen molar-refractivity contribution in [2.24, 2.45) is 7.05 Å². The van der Waals surface area contributed by atoms with Crippen LogP contribution in [0, 0.1) is 30.9 Å². The lowest BCUT2D eigenvalue weighted by molar-refractivity contribution is -0.385. The standard InChI is InChI=1S/C14H20N6O3/c1-9-8-10(2)19(16-9)7-5-6-15-14(21)12-13(20(22)23)11(3)18(4)17-12/h8H,5-7H2,1-4H3,(H,15,21). The smallest absolute Gasteiger partial charge is 0.322 e. The van der Waals surface area contributed by atoms with Gasteiger partial charge in [-0.1, -0.05) is 0 Å². The van der Waals surface area contributed by atoms with Crippen molar-refractivity contribution in [3.63, 3.8) is 0 Å². The minimum absolute atomic E-state index is 0.152. The Morgan fingerprint density at radius 1 is 1.35 bits per heavy atom. The third-order valence-corrected chi connectivity index (χ3v) is 3.64. The second-order valence-corrected chi connectivity index (χ2v) is 5.42. The highest BCUT2D eigenvalue weighted by Gasteiger charge is 2.28. The number of hydrogen-bond donors (Lipinski definition) is 1. The Kier molecular flexibility index (Phi) is 4.77. The Bertz CT molecular complexity index is 746. The van der Waals surface area contributed by atoms with Crippen LogP contribution < -0.4 is 5.32 Å². The Labute approximate surface area is 133 Å². The van der Waals surface area contributed by atoms with Crippen molar-refractivity contribution in [3.8, 4) is 0 Å². The van der Waals surface area contributed by atoms with Crippen LogP contribution in [-0.4, -0.2) is 36.9 Å². The van der Waals surface area contributed by atoms with E-state index in [9.17, 15) is 14.9 Å². The molecule has 0 aromatic carbocycles. The van der Waals surface area contributed by atoms with E-state index >= 15 is 0 Å². The highest BCUT2D eigenvalue weighted by atomic mass is 16.6. The fraction of sp³-hybridized carbons (Fsp3) is 0.500. The number of aromatic nitrogens is 4. The molecule has 2 heterocycles. The zero-order chi connectivity index (χ0) is 17.1. The molecule has 0 aliphatic carbocycles. The van der Waals surface area contributed by atoms with Crippen LogP contribution in [-0.2, 0) is 13.6 Å². The molecule has 0 aliphatic rings. The average Bonchev–Trinajstić information content (AvgIpc) is 2.94. The molecule has 124 valence electrons. The highest BCUT2D eigenvalue weighted by Crippen LogP contribution is 2.21. The molecular formula is C14H20N6O3. The maximum atomic E-state index is 12.1. The van der Waals surface area contributed by atoms with Gasteiger partial charge in [-0.25, -0.2) is 0 Å². The first-order valence-electron chi connectivity index (χ1n) is 7.28. The molecule has 23 heavy (non-hydrogen) atoms. The van der Waals surface area contributed by atoms with Crippen LogP contribution in [0.25, 0.3) is 0 Å². The highest BCUT2D eigenvalue weighted by molar-refractivity contribution is 5.96. The Morgan fingerprint density at radius 2 is 2.04 bits per heavy atom. The average molecular weight is 320 g/mol. The lowest BCUT2D eigenvalue weighted by Gasteiger charge is -2.05. The molecule has 0 fully saturated rings. The van der Waals surface area contributed by atoms with Gasteiger partial charge in [-0.2, -0.15) is 10.2 Å². The molecule has 1 N–H and O–H groups in total. The first-order chi connectivity index (χ1) is 10.8. The van der Waals surface area contributed by atoms with E-state index in [-0.39, 0.29) is 11.4 Å². The predicted molar refractivity (Wildman–Crippen MR) is 83.3 cm³/mol. The minimum atomic E-state index is -0.576. The number of nitrogens with zero attached hydrogens (tertiary/aromatic N) is 5. The van der Waals surface area contributed by atoms with E-state index in [1.807, 2.05) is 24.6 Å². The molecule has 0 spiro atoms. The van der Waals surface area contributed by atoms with Gasteiger partial charge in [0, 0.05) is 25.8 Å². The SMILES string of the molecule is Cc1cc(C)n(CCCNC(=O)c2nn(C)c(C)c2[N+](=O)[O-])n1. The third-order valence-electron chi connectivity index (χ3n) is 3.64. The second kappa shape index (κ2) is 6.59. The van der Waals surface area contributed by atoms with Gasteiger partial charge in [0.1, 0.15) is 5.69 Å². The van der Waals surface area contributed by atoms with Crippen molar-refractivity contribution in [1.82, 2.24) is 24.9 Å². The van der Waals surface area contributed by atoms with Gasteiger partial charge in [0.05, 0.1) is 10.6 Å². The van der Waals surface area contributed by atoms with Crippen molar-refractivity contribution in [2.45, 2.75) is 33.7 Å². The Morgan fingerprint density at radius 3 is 2.61 bits per heavy atom. The van der Waals surface area contributed by atoms with Crippen LogP contribution >= 0.6 is 0 Å². The maximum Gasteiger partial charge on any atom is 0.322 e. The fourth-order valence-electron chi connectivity index (χ4n) is 2.38. The quantitative estimate of drug-likeness (QED) is 0.490. The first kappa shape index (κ1) is 16.7. The Balaban J connectivity index is 1.94. The molecule has 0 atom stereocenters. The van der Waals surface area contributed by atoms with Crippen LogP contribution in [0.4, 0.5) is 5.69 Å². The molecule has 2 aromatic rings. The van der Waals surface area contributed by atoms with Gasteiger partial charge in [0.25, 0.3) is 5.91 Å². The number of rotatable bonds is 6. The van der Waals surface area contributed by atoms with Crippen molar-refractivity contribution in [1.29, 1.82) is 0 Å². The van der Waals surface area contributed by atoms with Gasteiger partial charge in [-0.15, -0.1) is 0 Å². The summed E-state index contributed by atoms with van der Waals surface area (Å²) in [4.78, 5) is 22.6. The van der Waals surface area contributed by atoms with Crippen LogP contribution in [0.15, 0.2) is 6.07 Å². The topological polar surface area (TPSA) is 108 Å². The van der Waals surface area contributed by atoms with E-state index in [0.717, 1.165) is 11.4 Å². The van der Waals surface area contributed by atoms with Crippen molar-refractivity contribution in [3.05, 3.63) is 39.0 Å². The summed E-state index contributed by atoms with van der Waals surface area (Å²) in [6.45, 7) is 6.52.